The minimum Gasteiger partial charge on any atom is -0.348 e. The van der Waals surface area contributed by atoms with Crippen molar-refractivity contribution in [2.24, 2.45) is 5.73 Å². The van der Waals surface area contributed by atoms with Crippen LogP contribution in [-0.4, -0.2) is 12.0 Å². The molecule has 23 heavy (non-hydrogen) atoms. The van der Waals surface area contributed by atoms with Crippen LogP contribution in [0.1, 0.15) is 31.4 Å². The van der Waals surface area contributed by atoms with Crippen LogP contribution < -0.4 is 11.1 Å². The van der Waals surface area contributed by atoms with Crippen LogP contribution in [0.3, 0.4) is 0 Å². The Labute approximate surface area is 139 Å². The largest absolute Gasteiger partial charge is 0.348 e. The first-order valence-electron chi connectivity index (χ1n) is 7.32. The van der Waals surface area contributed by atoms with Gasteiger partial charge in [0.1, 0.15) is 11.8 Å². The molecule has 1 aromatic rings. The van der Waals surface area contributed by atoms with Crippen molar-refractivity contribution in [1.82, 2.24) is 5.32 Å². The smallest absolute Gasteiger partial charge is 0.151 e. The zero-order valence-corrected chi connectivity index (χ0v) is 13.7. The Balaban J connectivity index is 2.03. The lowest BCUT2D eigenvalue weighted by atomic mass is 9.92. The van der Waals surface area contributed by atoms with Crippen LogP contribution in [0.2, 0.25) is 5.02 Å². The van der Waals surface area contributed by atoms with E-state index < -0.39 is 0 Å². The zero-order chi connectivity index (χ0) is 16.8. The second kappa shape index (κ2) is 5.40. The predicted octanol–water partition coefficient (Wildman–Crippen LogP) is 2.83. The molecule has 1 aromatic carbocycles. The van der Waals surface area contributed by atoms with Crippen molar-refractivity contribution in [1.29, 1.82) is 5.26 Å². The molecule has 3 N–H and O–H groups in total. The van der Waals surface area contributed by atoms with Crippen molar-refractivity contribution >= 4 is 23.1 Å². The summed E-state index contributed by atoms with van der Waals surface area (Å²) < 4.78 is 0. The Bertz CT molecular complexity index is 856. The molecule has 0 radical (unpaired) electrons. The van der Waals surface area contributed by atoms with Gasteiger partial charge in [0.25, 0.3) is 0 Å². The van der Waals surface area contributed by atoms with Crippen molar-refractivity contribution < 1.29 is 4.79 Å². The van der Waals surface area contributed by atoms with Gasteiger partial charge in [0, 0.05) is 27.7 Å². The van der Waals surface area contributed by atoms with Crippen LogP contribution in [0.15, 0.2) is 41.2 Å². The third-order valence-electron chi connectivity index (χ3n) is 4.69. The molecule has 116 valence electrons. The molecule has 0 spiro atoms. The highest BCUT2D eigenvalue weighted by atomic mass is 35.5. The van der Waals surface area contributed by atoms with Gasteiger partial charge in [-0.2, -0.15) is 5.26 Å². The molecule has 2 unspecified atom stereocenters. The average molecular weight is 326 g/mol. The highest BCUT2D eigenvalue weighted by molar-refractivity contribution is 6.31. The number of nitrogens with zero attached hydrogens (tertiary/aromatic N) is 1. The number of nitriles is 1. The molecule has 2 aliphatic rings. The fourth-order valence-corrected chi connectivity index (χ4v) is 3.37. The standard InChI is InChI=1S/C18H16ClN3O/c1-10-13(5-12(8-20)16(9-23)22-10)11-3-4-14(15(19)6-11)18(2)7-17(18)21/h3-6,17,22H,7,21H2,1-2H3. The molecule has 1 fully saturated rings. The number of nitrogens with two attached hydrogens (primary N) is 1. The third kappa shape index (κ3) is 2.50. The van der Waals surface area contributed by atoms with Crippen LogP contribution in [0.5, 0.6) is 0 Å². The van der Waals surface area contributed by atoms with Gasteiger partial charge in [0.05, 0.1) is 5.57 Å². The van der Waals surface area contributed by atoms with E-state index >= 15 is 0 Å². The Morgan fingerprint density at radius 1 is 1.48 bits per heavy atom. The molecule has 0 amide bonds. The first kappa shape index (κ1) is 15.6. The second-order valence-electron chi connectivity index (χ2n) is 6.23. The average Bonchev–Trinajstić information content (AvgIpc) is 3.14. The maximum Gasteiger partial charge on any atom is 0.151 e. The number of hydrogen-bond donors (Lipinski definition) is 2. The molecule has 4 nitrogen and oxygen atoms in total. The van der Waals surface area contributed by atoms with E-state index in [0.29, 0.717) is 5.02 Å². The number of allylic oxidation sites excluding steroid dienone is 4. The molecule has 0 bridgehead atoms. The Hall–Kier alpha value is -2.31. The number of halogens is 1. The summed E-state index contributed by atoms with van der Waals surface area (Å²) in [5.41, 5.74) is 9.93. The molecule has 3 rings (SSSR count). The highest BCUT2D eigenvalue weighted by Crippen LogP contribution is 2.49. The molecule has 5 heteroatoms. The molecular formula is C18H16ClN3O. The predicted molar refractivity (Wildman–Crippen MR) is 90.0 cm³/mol. The van der Waals surface area contributed by atoms with E-state index in [1.807, 2.05) is 31.2 Å². The summed E-state index contributed by atoms with van der Waals surface area (Å²) in [5.74, 6) is 1.75. The van der Waals surface area contributed by atoms with E-state index in [9.17, 15) is 4.79 Å². The summed E-state index contributed by atoms with van der Waals surface area (Å²) >= 11 is 6.46. The van der Waals surface area contributed by atoms with Crippen molar-refractivity contribution in [3.63, 3.8) is 0 Å². The fourth-order valence-electron chi connectivity index (χ4n) is 2.97. The van der Waals surface area contributed by atoms with Gasteiger partial charge in [-0.1, -0.05) is 30.7 Å². The van der Waals surface area contributed by atoms with E-state index in [1.54, 1.807) is 12.0 Å². The van der Waals surface area contributed by atoms with E-state index in [-0.39, 0.29) is 22.7 Å². The topological polar surface area (TPSA) is 78.9 Å². The van der Waals surface area contributed by atoms with Crippen molar-refractivity contribution in [2.45, 2.75) is 31.7 Å². The second-order valence-corrected chi connectivity index (χ2v) is 6.64. The van der Waals surface area contributed by atoms with Crippen LogP contribution in [-0.2, 0) is 10.2 Å². The van der Waals surface area contributed by atoms with E-state index in [0.717, 1.165) is 28.8 Å². The van der Waals surface area contributed by atoms with Gasteiger partial charge < -0.3 is 11.1 Å². The number of dihydropyridines is 1. The van der Waals surface area contributed by atoms with Crippen molar-refractivity contribution in [3.05, 3.63) is 57.4 Å². The molecule has 0 aromatic heterocycles. The number of nitrogens with one attached hydrogen (secondary N) is 1. The minimum absolute atomic E-state index is 0.0507. The van der Waals surface area contributed by atoms with Gasteiger partial charge in [-0.25, -0.2) is 4.79 Å². The number of hydrogen-bond acceptors (Lipinski definition) is 4. The van der Waals surface area contributed by atoms with Crippen LogP contribution in [0.25, 0.3) is 5.57 Å². The molecule has 1 aliphatic heterocycles. The molecular weight excluding hydrogens is 310 g/mol. The van der Waals surface area contributed by atoms with Crippen LogP contribution in [0, 0.1) is 11.3 Å². The molecule has 1 heterocycles. The van der Waals surface area contributed by atoms with Gasteiger partial charge in [-0.3, -0.25) is 0 Å². The lowest BCUT2D eigenvalue weighted by Crippen LogP contribution is -2.18. The summed E-state index contributed by atoms with van der Waals surface area (Å²) in [6.07, 6.45) is 2.61. The molecule has 0 saturated heterocycles. The maximum absolute atomic E-state index is 10.9. The summed E-state index contributed by atoms with van der Waals surface area (Å²) in [5, 5.41) is 12.8. The fraction of sp³-hybridized carbons (Fsp3) is 0.278. The molecule has 2 atom stereocenters. The molecule has 1 saturated carbocycles. The Morgan fingerprint density at radius 3 is 2.70 bits per heavy atom. The first-order valence-corrected chi connectivity index (χ1v) is 7.69. The SMILES string of the molecule is CC1=C(c2ccc(C3(C)CC3N)c(Cl)c2)C=C(C#N)C(=C=O)N1. The van der Waals surface area contributed by atoms with E-state index in [4.69, 9.17) is 22.6 Å². The number of rotatable bonds is 2. The lowest BCUT2D eigenvalue weighted by Gasteiger charge is -2.19. The number of benzene rings is 1. The van der Waals surface area contributed by atoms with Crippen LogP contribution >= 0.6 is 11.6 Å². The first-order chi connectivity index (χ1) is 10.9. The summed E-state index contributed by atoms with van der Waals surface area (Å²) in [7, 11) is 0. The highest BCUT2D eigenvalue weighted by Gasteiger charge is 2.49. The molecule has 1 aliphatic carbocycles. The van der Waals surface area contributed by atoms with Crippen LogP contribution in [0.4, 0.5) is 0 Å². The van der Waals surface area contributed by atoms with Gasteiger partial charge in [0.15, 0.2) is 5.94 Å². The Kier molecular flexibility index (Phi) is 3.66. The lowest BCUT2D eigenvalue weighted by molar-refractivity contribution is 0.566. The summed E-state index contributed by atoms with van der Waals surface area (Å²) in [6, 6.07) is 8.00. The summed E-state index contributed by atoms with van der Waals surface area (Å²) in [4.78, 5) is 10.9. The quantitative estimate of drug-likeness (QED) is 0.819. The maximum atomic E-state index is 10.9. The minimum atomic E-state index is -0.0507. The number of carbonyl (C=O) groups excluding carboxylic acids is 1. The van der Waals surface area contributed by atoms with Crippen molar-refractivity contribution in [3.8, 4) is 6.07 Å². The van der Waals surface area contributed by atoms with Gasteiger partial charge in [-0.15, -0.1) is 0 Å². The third-order valence-corrected chi connectivity index (χ3v) is 5.01. The monoisotopic (exact) mass is 325 g/mol. The van der Waals surface area contributed by atoms with E-state index in [2.05, 4.69) is 12.2 Å². The van der Waals surface area contributed by atoms with E-state index in [1.165, 1.54) is 0 Å². The summed E-state index contributed by atoms with van der Waals surface area (Å²) in [6.45, 7) is 3.96. The van der Waals surface area contributed by atoms with Gasteiger partial charge >= 0.3 is 0 Å². The van der Waals surface area contributed by atoms with Gasteiger partial charge in [0.2, 0.25) is 0 Å². The zero-order valence-electron chi connectivity index (χ0n) is 12.9. The Morgan fingerprint density at radius 2 is 2.17 bits per heavy atom. The van der Waals surface area contributed by atoms with Gasteiger partial charge in [-0.05, 0) is 36.6 Å². The van der Waals surface area contributed by atoms with Crippen molar-refractivity contribution in [2.75, 3.05) is 0 Å². The normalized spacial score (nSPS) is 26.1.